The second-order valence-electron chi connectivity index (χ2n) is 3.79. The molecule has 1 saturated heterocycles. The zero-order chi connectivity index (χ0) is 11.0. The van der Waals surface area contributed by atoms with Crippen molar-refractivity contribution in [3.63, 3.8) is 0 Å². The van der Waals surface area contributed by atoms with Gasteiger partial charge in [-0.1, -0.05) is 47.6 Å². The highest BCUT2D eigenvalue weighted by Crippen LogP contribution is 2.35. The summed E-state index contributed by atoms with van der Waals surface area (Å²) in [4.78, 5) is 11.5. The lowest BCUT2D eigenvalue weighted by atomic mass is 9.93. The van der Waals surface area contributed by atoms with Gasteiger partial charge < -0.3 is 5.32 Å². The maximum atomic E-state index is 11.5. The van der Waals surface area contributed by atoms with Gasteiger partial charge in [0.15, 0.2) is 0 Å². The molecule has 2 atom stereocenters. The molecule has 2 rings (SSSR count). The molecule has 1 amide bonds. The Morgan fingerprint density at radius 1 is 1.40 bits per heavy atom. The minimum absolute atomic E-state index is 0.0387. The molecule has 1 aliphatic rings. The number of hydrogen-bond acceptors (Lipinski definition) is 1. The van der Waals surface area contributed by atoms with E-state index in [0.29, 0.717) is 5.57 Å². The zero-order valence-corrected chi connectivity index (χ0v) is 10.0. The summed E-state index contributed by atoms with van der Waals surface area (Å²) in [6.45, 7) is 5.81. The fraction of sp³-hybridized carbons (Fsp3) is 0.250. The number of benzene rings is 1. The van der Waals surface area contributed by atoms with E-state index in [0.717, 1.165) is 10.0 Å². The van der Waals surface area contributed by atoms with Crippen LogP contribution in [0.3, 0.4) is 0 Å². The first-order valence-corrected chi connectivity index (χ1v) is 5.64. The van der Waals surface area contributed by atoms with Gasteiger partial charge in [-0.2, -0.15) is 0 Å². The molecule has 0 saturated carbocycles. The standard InChI is InChI=1S/C12H12BrNO/c1-7-8(2)12(15)14-11(7)9-5-3-4-6-10(9)13/h3-7,11H,2H2,1H3,(H,14,15)/t7-,11+/m1/s1. The maximum absolute atomic E-state index is 11.5. The van der Waals surface area contributed by atoms with E-state index in [1.54, 1.807) is 0 Å². The molecule has 15 heavy (non-hydrogen) atoms. The topological polar surface area (TPSA) is 29.1 Å². The average Bonchev–Trinajstić information content (AvgIpc) is 2.47. The molecular weight excluding hydrogens is 254 g/mol. The molecule has 1 aromatic rings. The smallest absolute Gasteiger partial charge is 0.247 e. The van der Waals surface area contributed by atoms with E-state index >= 15 is 0 Å². The van der Waals surface area contributed by atoms with Gasteiger partial charge in [-0.3, -0.25) is 4.79 Å². The first-order valence-electron chi connectivity index (χ1n) is 4.85. The number of carbonyl (C=O) groups excluding carboxylic acids is 1. The Hall–Kier alpha value is -1.09. The molecule has 0 bridgehead atoms. The quantitative estimate of drug-likeness (QED) is 0.778. The van der Waals surface area contributed by atoms with Crippen LogP contribution in [0.5, 0.6) is 0 Å². The fourth-order valence-corrected chi connectivity index (χ4v) is 2.37. The molecule has 0 spiro atoms. The van der Waals surface area contributed by atoms with Crippen LogP contribution in [0.4, 0.5) is 0 Å². The predicted molar refractivity (Wildman–Crippen MR) is 63.3 cm³/mol. The van der Waals surface area contributed by atoms with Gasteiger partial charge in [0.25, 0.3) is 0 Å². The Morgan fingerprint density at radius 3 is 2.60 bits per heavy atom. The van der Waals surface area contributed by atoms with Crippen molar-refractivity contribution in [1.29, 1.82) is 0 Å². The van der Waals surface area contributed by atoms with E-state index in [4.69, 9.17) is 0 Å². The molecule has 1 N–H and O–H groups in total. The zero-order valence-electron chi connectivity index (χ0n) is 8.46. The first kappa shape index (κ1) is 10.4. The molecule has 1 fully saturated rings. The van der Waals surface area contributed by atoms with Crippen LogP contribution in [0.1, 0.15) is 18.5 Å². The monoisotopic (exact) mass is 265 g/mol. The predicted octanol–water partition coefficient (Wildman–Crippen LogP) is 2.81. The van der Waals surface area contributed by atoms with Crippen LogP contribution < -0.4 is 5.32 Å². The third kappa shape index (κ3) is 1.72. The Morgan fingerprint density at radius 2 is 2.07 bits per heavy atom. The number of halogens is 1. The number of amides is 1. The third-order valence-corrected chi connectivity index (χ3v) is 3.59. The number of carbonyl (C=O) groups is 1. The van der Waals surface area contributed by atoms with Crippen molar-refractivity contribution in [2.45, 2.75) is 13.0 Å². The lowest BCUT2D eigenvalue weighted by Gasteiger charge is -2.16. The number of hydrogen-bond donors (Lipinski definition) is 1. The van der Waals surface area contributed by atoms with Crippen molar-refractivity contribution in [2.24, 2.45) is 5.92 Å². The maximum Gasteiger partial charge on any atom is 0.247 e. The van der Waals surface area contributed by atoms with Gasteiger partial charge in [0, 0.05) is 16.0 Å². The molecule has 1 heterocycles. The highest BCUT2D eigenvalue weighted by molar-refractivity contribution is 9.10. The second-order valence-corrected chi connectivity index (χ2v) is 4.64. The molecule has 3 heteroatoms. The lowest BCUT2D eigenvalue weighted by Crippen LogP contribution is -2.20. The first-order chi connectivity index (χ1) is 7.11. The van der Waals surface area contributed by atoms with Crippen molar-refractivity contribution in [3.8, 4) is 0 Å². The van der Waals surface area contributed by atoms with Crippen LogP contribution in [-0.2, 0) is 4.79 Å². The summed E-state index contributed by atoms with van der Waals surface area (Å²) in [5, 5.41) is 2.94. The molecular formula is C12H12BrNO. The number of rotatable bonds is 1. The van der Waals surface area contributed by atoms with Crippen LogP contribution in [0.2, 0.25) is 0 Å². The molecule has 0 aromatic heterocycles. The molecule has 78 valence electrons. The Labute approximate surface area is 97.5 Å². The molecule has 2 nitrogen and oxygen atoms in total. The van der Waals surface area contributed by atoms with Crippen molar-refractivity contribution in [3.05, 3.63) is 46.5 Å². The lowest BCUT2D eigenvalue weighted by molar-refractivity contribution is -0.116. The summed E-state index contributed by atoms with van der Waals surface area (Å²) in [6, 6.07) is 7.98. The van der Waals surface area contributed by atoms with Crippen molar-refractivity contribution in [2.75, 3.05) is 0 Å². The molecule has 0 unspecified atom stereocenters. The minimum atomic E-state index is -0.0387. The summed E-state index contributed by atoms with van der Waals surface area (Å²) in [6.07, 6.45) is 0. The summed E-state index contributed by atoms with van der Waals surface area (Å²) in [5.41, 5.74) is 1.77. The van der Waals surface area contributed by atoms with Crippen molar-refractivity contribution < 1.29 is 4.79 Å². The molecule has 0 radical (unpaired) electrons. The summed E-state index contributed by atoms with van der Waals surface area (Å²) < 4.78 is 1.02. The fourth-order valence-electron chi connectivity index (χ4n) is 1.84. The molecule has 1 aliphatic heterocycles. The van der Waals surface area contributed by atoms with Crippen LogP contribution in [0.15, 0.2) is 40.9 Å². The van der Waals surface area contributed by atoms with Gasteiger partial charge >= 0.3 is 0 Å². The molecule has 1 aromatic carbocycles. The van der Waals surface area contributed by atoms with Gasteiger partial charge in [0.1, 0.15) is 0 Å². The van der Waals surface area contributed by atoms with Gasteiger partial charge in [-0.05, 0) is 11.6 Å². The largest absolute Gasteiger partial charge is 0.345 e. The van der Waals surface area contributed by atoms with Gasteiger partial charge in [0.2, 0.25) is 5.91 Å². The third-order valence-electron chi connectivity index (χ3n) is 2.87. The normalized spacial score (nSPS) is 25.5. The van der Waals surface area contributed by atoms with Gasteiger partial charge in [-0.15, -0.1) is 0 Å². The van der Waals surface area contributed by atoms with Crippen LogP contribution in [0, 0.1) is 5.92 Å². The van der Waals surface area contributed by atoms with E-state index in [9.17, 15) is 4.79 Å². The van der Waals surface area contributed by atoms with E-state index in [2.05, 4.69) is 27.8 Å². The summed E-state index contributed by atoms with van der Waals surface area (Å²) in [7, 11) is 0. The van der Waals surface area contributed by atoms with Crippen LogP contribution in [-0.4, -0.2) is 5.91 Å². The highest BCUT2D eigenvalue weighted by atomic mass is 79.9. The van der Waals surface area contributed by atoms with Crippen LogP contribution >= 0.6 is 15.9 Å². The van der Waals surface area contributed by atoms with E-state index in [-0.39, 0.29) is 17.9 Å². The molecule has 0 aliphatic carbocycles. The van der Waals surface area contributed by atoms with Gasteiger partial charge in [0.05, 0.1) is 6.04 Å². The highest BCUT2D eigenvalue weighted by Gasteiger charge is 2.34. The Balaban J connectivity index is 2.38. The van der Waals surface area contributed by atoms with E-state index < -0.39 is 0 Å². The Kier molecular flexibility index (Phi) is 2.65. The summed E-state index contributed by atoms with van der Waals surface area (Å²) in [5.74, 6) is 0.111. The van der Waals surface area contributed by atoms with Crippen molar-refractivity contribution in [1.82, 2.24) is 5.32 Å². The van der Waals surface area contributed by atoms with Crippen LogP contribution in [0.25, 0.3) is 0 Å². The van der Waals surface area contributed by atoms with E-state index in [1.807, 2.05) is 31.2 Å². The second kappa shape index (κ2) is 3.81. The average molecular weight is 266 g/mol. The number of nitrogens with one attached hydrogen (secondary N) is 1. The van der Waals surface area contributed by atoms with E-state index in [1.165, 1.54) is 0 Å². The Bertz CT molecular complexity index is 427. The minimum Gasteiger partial charge on any atom is -0.345 e. The SMILES string of the molecule is C=C1C(=O)N[C@H](c2ccccc2Br)[C@@H]1C. The summed E-state index contributed by atoms with van der Waals surface area (Å²) >= 11 is 3.49. The van der Waals surface area contributed by atoms with Gasteiger partial charge in [-0.25, -0.2) is 0 Å². The van der Waals surface area contributed by atoms with Crippen molar-refractivity contribution >= 4 is 21.8 Å².